The maximum atomic E-state index is 12.8. The molecule has 9 heteroatoms. The Morgan fingerprint density at radius 1 is 1.27 bits per heavy atom. The van der Waals surface area contributed by atoms with Crippen molar-refractivity contribution in [1.29, 1.82) is 0 Å². The van der Waals surface area contributed by atoms with E-state index in [0.717, 1.165) is 4.90 Å². The molecule has 1 heterocycles. The third-order valence-corrected chi connectivity index (χ3v) is 6.79. The van der Waals surface area contributed by atoms with Gasteiger partial charge in [0.05, 0.1) is 23.4 Å². The normalized spacial score (nSPS) is 17.0. The molecule has 0 bridgehead atoms. The van der Waals surface area contributed by atoms with Crippen LogP contribution in [0.25, 0.3) is 0 Å². The second kappa shape index (κ2) is 7.38. The summed E-state index contributed by atoms with van der Waals surface area (Å²) in [6.07, 6.45) is 0. The minimum Gasteiger partial charge on any atom is -0.495 e. The van der Waals surface area contributed by atoms with Crippen molar-refractivity contribution in [2.45, 2.75) is 16.7 Å². The molecule has 0 fully saturated rings. The van der Waals surface area contributed by atoms with Crippen molar-refractivity contribution in [1.82, 2.24) is 0 Å². The van der Waals surface area contributed by atoms with Crippen molar-refractivity contribution in [2.75, 3.05) is 22.9 Å². The van der Waals surface area contributed by atoms with E-state index in [4.69, 9.17) is 16.3 Å². The molecule has 0 radical (unpaired) electrons. The molecule has 2 aromatic carbocycles. The SMILES string of the molecule is COc1ccc(Cl)cc1NS(=O)(=O)c1ccc2c(c1)NC(=O)[C@H](C)CS2. The van der Waals surface area contributed by atoms with Gasteiger partial charge in [-0.2, -0.15) is 0 Å². The van der Waals surface area contributed by atoms with Crippen LogP contribution in [0.5, 0.6) is 5.75 Å². The largest absolute Gasteiger partial charge is 0.495 e. The molecule has 2 aromatic rings. The zero-order valence-electron chi connectivity index (χ0n) is 14.1. The van der Waals surface area contributed by atoms with Crippen LogP contribution in [-0.2, 0) is 14.8 Å². The van der Waals surface area contributed by atoms with Crippen LogP contribution in [0.4, 0.5) is 11.4 Å². The van der Waals surface area contributed by atoms with Crippen LogP contribution in [0.1, 0.15) is 6.92 Å². The first-order valence-electron chi connectivity index (χ1n) is 7.74. The predicted octanol–water partition coefficient (Wildman–Crippen LogP) is 3.83. The quantitative estimate of drug-likeness (QED) is 0.797. The van der Waals surface area contributed by atoms with Crippen molar-refractivity contribution in [2.24, 2.45) is 5.92 Å². The van der Waals surface area contributed by atoms with Crippen LogP contribution in [0, 0.1) is 5.92 Å². The summed E-state index contributed by atoms with van der Waals surface area (Å²) >= 11 is 7.47. The van der Waals surface area contributed by atoms with Crippen LogP contribution >= 0.6 is 23.4 Å². The van der Waals surface area contributed by atoms with E-state index in [2.05, 4.69) is 10.0 Å². The molecule has 0 saturated heterocycles. The highest BCUT2D eigenvalue weighted by atomic mass is 35.5. The van der Waals surface area contributed by atoms with Gasteiger partial charge in [-0.15, -0.1) is 11.8 Å². The molecule has 0 saturated carbocycles. The summed E-state index contributed by atoms with van der Waals surface area (Å²) in [5.74, 6) is 0.713. The van der Waals surface area contributed by atoms with Gasteiger partial charge in [-0.3, -0.25) is 9.52 Å². The summed E-state index contributed by atoms with van der Waals surface area (Å²) in [4.78, 5) is 12.9. The van der Waals surface area contributed by atoms with Gasteiger partial charge in [0.25, 0.3) is 10.0 Å². The van der Waals surface area contributed by atoms with E-state index in [1.54, 1.807) is 18.2 Å². The molecule has 138 valence electrons. The van der Waals surface area contributed by atoms with Gasteiger partial charge in [0.15, 0.2) is 0 Å². The van der Waals surface area contributed by atoms with Crippen molar-refractivity contribution in [3.8, 4) is 5.75 Å². The van der Waals surface area contributed by atoms with E-state index >= 15 is 0 Å². The molecule has 1 amide bonds. The van der Waals surface area contributed by atoms with Gasteiger partial charge in [-0.05, 0) is 36.4 Å². The van der Waals surface area contributed by atoms with Gasteiger partial charge in [0.2, 0.25) is 5.91 Å². The maximum absolute atomic E-state index is 12.8. The van der Waals surface area contributed by atoms with E-state index in [1.165, 1.54) is 37.1 Å². The molecule has 0 aromatic heterocycles. The fraction of sp³-hybridized carbons (Fsp3) is 0.235. The lowest BCUT2D eigenvalue weighted by Gasteiger charge is -2.14. The Kier molecular flexibility index (Phi) is 5.36. The average Bonchev–Trinajstić information content (AvgIpc) is 2.73. The molecular weight excluding hydrogens is 396 g/mol. The van der Waals surface area contributed by atoms with Gasteiger partial charge >= 0.3 is 0 Å². The maximum Gasteiger partial charge on any atom is 0.262 e. The number of amides is 1. The molecule has 2 N–H and O–H groups in total. The first kappa shape index (κ1) is 18.9. The third kappa shape index (κ3) is 3.92. The van der Waals surface area contributed by atoms with Crippen LogP contribution in [-0.4, -0.2) is 27.2 Å². The first-order valence-corrected chi connectivity index (χ1v) is 10.6. The average molecular weight is 413 g/mol. The van der Waals surface area contributed by atoms with E-state index in [1.807, 2.05) is 6.92 Å². The number of nitrogens with one attached hydrogen (secondary N) is 2. The summed E-state index contributed by atoms with van der Waals surface area (Å²) in [6, 6.07) is 9.32. The number of thioether (sulfide) groups is 1. The van der Waals surface area contributed by atoms with Crippen LogP contribution < -0.4 is 14.8 Å². The summed E-state index contributed by atoms with van der Waals surface area (Å²) in [6.45, 7) is 1.83. The molecule has 0 aliphatic carbocycles. The topological polar surface area (TPSA) is 84.5 Å². The monoisotopic (exact) mass is 412 g/mol. The Morgan fingerprint density at radius 2 is 2.04 bits per heavy atom. The van der Waals surface area contributed by atoms with Crippen molar-refractivity contribution < 1.29 is 17.9 Å². The summed E-state index contributed by atoms with van der Waals surface area (Å²) in [5, 5.41) is 3.16. The zero-order valence-corrected chi connectivity index (χ0v) is 16.5. The minimum absolute atomic E-state index is 0.0359. The van der Waals surface area contributed by atoms with E-state index < -0.39 is 10.0 Å². The van der Waals surface area contributed by atoms with Gasteiger partial charge in [-0.25, -0.2) is 8.42 Å². The Labute approximate surface area is 161 Å². The lowest BCUT2D eigenvalue weighted by atomic mass is 10.2. The number of fused-ring (bicyclic) bond motifs is 1. The van der Waals surface area contributed by atoms with Crippen LogP contribution in [0.2, 0.25) is 5.02 Å². The Hall–Kier alpha value is -1.90. The number of carbonyl (C=O) groups is 1. The summed E-state index contributed by atoms with van der Waals surface area (Å²) in [5.41, 5.74) is 0.729. The molecule has 1 aliphatic rings. The minimum atomic E-state index is -3.89. The number of sulfonamides is 1. The number of anilines is 2. The molecule has 3 rings (SSSR count). The zero-order chi connectivity index (χ0) is 18.9. The number of carbonyl (C=O) groups excluding carboxylic acids is 1. The standard InChI is InChI=1S/C17H17ClN2O4S2/c1-10-9-25-16-6-4-12(8-14(16)19-17(10)21)26(22,23)20-13-7-11(18)3-5-15(13)24-2/h3-8,10,20H,9H2,1-2H3,(H,19,21)/t10-/m1/s1. The predicted molar refractivity (Wildman–Crippen MR) is 104 cm³/mol. The number of methoxy groups -OCH3 is 1. The molecule has 1 aliphatic heterocycles. The molecule has 26 heavy (non-hydrogen) atoms. The van der Waals surface area contributed by atoms with E-state index in [9.17, 15) is 13.2 Å². The van der Waals surface area contributed by atoms with Gasteiger partial charge < -0.3 is 10.1 Å². The molecule has 0 unspecified atom stereocenters. The second-order valence-electron chi connectivity index (χ2n) is 5.81. The fourth-order valence-corrected chi connectivity index (χ4v) is 4.68. The van der Waals surface area contributed by atoms with Crippen LogP contribution in [0.3, 0.4) is 0 Å². The molecule has 6 nitrogen and oxygen atoms in total. The Morgan fingerprint density at radius 3 is 2.77 bits per heavy atom. The highest BCUT2D eigenvalue weighted by molar-refractivity contribution is 7.99. The van der Waals surface area contributed by atoms with Gasteiger partial charge in [-0.1, -0.05) is 18.5 Å². The fourth-order valence-electron chi connectivity index (χ4n) is 2.41. The Balaban J connectivity index is 1.95. The number of hydrogen-bond acceptors (Lipinski definition) is 5. The van der Waals surface area contributed by atoms with E-state index in [-0.39, 0.29) is 22.4 Å². The Bertz CT molecular complexity index is 963. The third-order valence-electron chi connectivity index (χ3n) is 3.86. The summed E-state index contributed by atoms with van der Waals surface area (Å²) in [7, 11) is -2.45. The smallest absolute Gasteiger partial charge is 0.262 e. The lowest BCUT2D eigenvalue weighted by Crippen LogP contribution is -2.20. The first-order chi connectivity index (χ1) is 12.3. The van der Waals surface area contributed by atoms with Gasteiger partial charge in [0, 0.05) is 21.6 Å². The summed E-state index contributed by atoms with van der Waals surface area (Å²) < 4.78 is 33.2. The molecular formula is C17H17ClN2O4S2. The van der Waals surface area contributed by atoms with Crippen molar-refractivity contribution in [3.05, 3.63) is 41.4 Å². The second-order valence-corrected chi connectivity index (χ2v) is 8.99. The van der Waals surface area contributed by atoms with Crippen LogP contribution in [0.15, 0.2) is 46.2 Å². The van der Waals surface area contributed by atoms with Gasteiger partial charge in [0.1, 0.15) is 5.75 Å². The van der Waals surface area contributed by atoms with Crippen molar-refractivity contribution in [3.63, 3.8) is 0 Å². The number of hydrogen-bond donors (Lipinski definition) is 2. The number of halogens is 1. The number of ether oxygens (including phenoxy) is 1. The number of rotatable bonds is 4. The highest BCUT2D eigenvalue weighted by Gasteiger charge is 2.23. The molecule has 1 atom stereocenters. The lowest BCUT2D eigenvalue weighted by molar-refractivity contribution is -0.118. The van der Waals surface area contributed by atoms with E-state index in [0.29, 0.717) is 22.2 Å². The highest BCUT2D eigenvalue weighted by Crippen LogP contribution is 2.35. The number of benzene rings is 2. The molecule has 0 spiro atoms. The van der Waals surface area contributed by atoms with Crippen molar-refractivity contribution >= 4 is 50.7 Å².